The van der Waals surface area contributed by atoms with Gasteiger partial charge in [0, 0.05) is 11.6 Å². The summed E-state index contributed by atoms with van der Waals surface area (Å²) in [6, 6.07) is 12.6. The lowest BCUT2D eigenvalue weighted by Gasteiger charge is -2.04. The highest BCUT2D eigenvalue weighted by molar-refractivity contribution is 6.10. The van der Waals surface area contributed by atoms with Crippen molar-refractivity contribution in [3.63, 3.8) is 0 Å². The van der Waals surface area contributed by atoms with Gasteiger partial charge in [-0.3, -0.25) is 14.4 Å². The van der Waals surface area contributed by atoms with Crippen LogP contribution in [0.4, 0.5) is 0 Å². The molecule has 0 amide bonds. The van der Waals surface area contributed by atoms with Crippen LogP contribution in [0.1, 0.15) is 36.2 Å². The SMILES string of the molecule is CCOC(=O)CC(C)=O.O=C(c1ccccc1)c1ccc(O)cc1O. The van der Waals surface area contributed by atoms with Gasteiger partial charge in [0.15, 0.2) is 5.78 Å². The molecule has 25 heavy (non-hydrogen) atoms. The predicted molar refractivity (Wildman–Crippen MR) is 91.6 cm³/mol. The summed E-state index contributed by atoms with van der Waals surface area (Å²) in [6.45, 7) is 3.40. The van der Waals surface area contributed by atoms with Gasteiger partial charge < -0.3 is 14.9 Å². The third kappa shape index (κ3) is 6.87. The summed E-state index contributed by atoms with van der Waals surface area (Å²) in [5.74, 6) is -1.15. The predicted octanol–water partition coefficient (Wildman–Crippen LogP) is 2.86. The Labute approximate surface area is 145 Å². The van der Waals surface area contributed by atoms with Crippen molar-refractivity contribution in [2.75, 3.05) is 6.61 Å². The molecular formula is C19H20O6. The maximum atomic E-state index is 11.9. The molecule has 0 bridgehead atoms. The fourth-order valence-corrected chi connectivity index (χ4v) is 1.87. The molecule has 0 fully saturated rings. The van der Waals surface area contributed by atoms with E-state index in [4.69, 9.17) is 5.11 Å². The van der Waals surface area contributed by atoms with Crippen LogP contribution in [0.15, 0.2) is 48.5 Å². The zero-order valence-electron chi connectivity index (χ0n) is 14.1. The first-order valence-electron chi connectivity index (χ1n) is 7.62. The third-order valence-electron chi connectivity index (χ3n) is 2.96. The van der Waals surface area contributed by atoms with E-state index < -0.39 is 5.97 Å². The number of hydrogen-bond donors (Lipinski definition) is 2. The molecule has 0 aliphatic carbocycles. The number of esters is 1. The number of ether oxygens (including phenoxy) is 1. The Bertz CT molecular complexity index is 737. The molecule has 6 nitrogen and oxygen atoms in total. The Hall–Kier alpha value is -3.15. The van der Waals surface area contributed by atoms with Gasteiger partial charge in [0.1, 0.15) is 23.7 Å². The van der Waals surface area contributed by atoms with Crippen molar-refractivity contribution in [1.82, 2.24) is 0 Å². The van der Waals surface area contributed by atoms with Crippen LogP contribution in [0.3, 0.4) is 0 Å². The van der Waals surface area contributed by atoms with Gasteiger partial charge in [0.05, 0.1) is 12.2 Å². The van der Waals surface area contributed by atoms with E-state index in [9.17, 15) is 19.5 Å². The summed E-state index contributed by atoms with van der Waals surface area (Å²) in [4.78, 5) is 32.6. The van der Waals surface area contributed by atoms with Gasteiger partial charge in [-0.1, -0.05) is 30.3 Å². The molecule has 0 aliphatic rings. The molecule has 0 atom stereocenters. The highest BCUT2D eigenvalue weighted by atomic mass is 16.5. The number of phenolic OH excluding ortho intramolecular Hbond substituents is 2. The van der Waals surface area contributed by atoms with Crippen molar-refractivity contribution in [3.8, 4) is 11.5 Å². The number of Topliss-reactive ketones (excluding diaryl/α,β-unsaturated/α-hetero) is 1. The molecular weight excluding hydrogens is 324 g/mol. The van der Waals surface area contributed by atoms with Gasteiger partial charge in [0.25, 0.3) is 0 Å². The van der Waals surface area contributed by atoms with Gasteiger partial charge in [0.2, 0.25) is 0 Å². The second-order valence-corrected chi connectivity index (χ2v) is 5.08. The average molecular weight is 344 g/mol. The minimum atomic E-state index is -0.440. The Morgan fingerprint density at radius 3 is 2.16 bits per heavy atom. The minimum absolute atomic E-state index is 0.0675. The van der Waals surface area contributed by atoms with Crippen LogP contribution in [0.25, 0.3) is 0 Å². The summed E-state index contributed by atoms with van der Waals surface area (Å²) in [5.41, 5.74) is 0.687. The highest BCUT2D eigenvalue weighted by Gasteiger charge is 2.13. The van der Waals surface area contributed by atoms with E-state index in [2.05, 4.69) is 4.74 Å². The van der Waals surface area contributed by atoms with Crippen LogP contribution < -0.4 is 0 Å². The number of phenols is 2. The first-order valence-corrected chi connectivity index (χ1v) is 7.62. The van der Waals surface area contributed by atoms with Crippen molar-refractivity contribution in [2.45, 2.75) is 20.3 Å². The number of aromatic hydroxyl groups is 2. The van der Waals surface area contributed by atoms with E-state index in [1.54, 1.807) is 31.2 Å². The first-order chi connectivity index (χ1) is 11.8. The molecule has 0 spiro atoms. The topological polar surface area (TPSA) is 101 Å². The third-order valence-corrected chi connectivity index (χ3v) is 2.96. The van der Waals surface area contributed by atoms with E-state index in [0.717, 1.165) is 6.07 Å². The lowest BCUT2D eigenvalue weighted by molar-refractivity contribution is -0.145. The van der Waals surface area contributed by atoms with E-state index in [0.29, 0.717) is 12.2 Å². The maximum Gasteiger partial charge on any atom is 0.313 e. The number of hydrogen-bond acceptors (Lipinski definition) is 6. The second-order valence-electron chi connectivity index (χ2n) is 5.08. The molecule has 132 valence electrons. The van der Waals surface area contributed by atoms with Gasteiger partial charge in [-0.2, -0.15) is 0 Å². The number of carbonyl (C=O) groups excluding carboxylic acids is 3. The number of ketones is 2. The summed E-state index contributed by atoms with van der Waals surface area (Å²) in [7, 11) is 0. The fourth-order valence-electron chi connectivity index (χ4n) is 1.87. The molecule has 2 aromatic carbocycles. The van der Waals surface area contributed by atoms with E-state index in [1.165, 1.54) is 19.1 Å². The molecule has 0 heterocycles. The van der Waals surface area contributed by atoms with Gasteiger partial charge >= 0.3 is 5.97 Å². The maximum absolute atomic E-state index is 11.9. The summed E-state index contributed by atoms with van der Waals surface area (Å²) < 4.78 is 4.49. The summed E-state index contributed by atoms with van der Waals surface area (Å²) >= 11 is 0. The first kappa shape index (κ1) is 19.9. The van der Waals surface area contributed by atoms with Crippen LogP contribution in [-0.4, -0.2) is 34.4 Å². The van der Waals surface area contributed by atoms with Crippen molar-refractivity contribution in [1.29, 1.82) is 0 Å². The molecule has 0 saturated carbocycles. The zero-order chi connectivity index (χ0) is 18.8. The fraction of sp³-hybridized carbons (Fsp3) is 0.211. The largest absolute Gasteiger partial charge is 0.508 e. The standard InChI is InChI=1S/C13H10O3.C6H10O3/c14-10-6-7-11(12(15)8-10)13(16)9-4-2-1-3-5-9;1-3-9-6(8)4-5(2)7/h1-8,14-15H;3-4H2,1-2H3. The smallest absolute Gasteiger partial charge is 0.313 e. The Morgan fingerprint density at radius 2 is 1.64 bits per heavy atom. The monoisotopic (exact) mass is 344 g/mol. The number of rotatable bonds is 5. The van der Waals surface area contributed by atoms with Crippen molar-refractivity contribution >= 4 is 17.5 Å². The average Bonchev–Trinajstić information content (AvgIpc) is 2.55. The lowest BCUT2D eigenvalue weighted by atomic mass is 10.0. The molecule has 2 N–H and O–H groups in total. The van der Waals surface area contributed by atoms with Crippen molar-refractivity contribution in [3.05, 3.63) is 59.7 Å². The zero-order valence-corrected chi connectivity index (χ0v) is 14.1. The van der Waals surface area contributed by atoms with E-state index in [-0.39, 0.29) is 35.0 Å². The van der Waals surface area contributed by atoms with Crippen LogP contribution in [-0.2, 0) is 14.3 Å². The van der Waals surface area contributed by atoms with E-state index >= 15 is 0 Å². The highest BCUT2D eigenvalue weighted by Crippen LogP contribution is 2.24. The second kappa shape index (κ2) is 9.87. The quantitative estimate of drug-likeness (QED) is 0.491. The summed E-state index contributed by atoms with van der Waals surface area (Å²) in [5, 5.41) is 18.7. The molecule has 0 aliphatic heterocycles. The number of carbonyl (C=O) groups is 3. The molecule has 2 rings (SSSR count). The van der Waals surface area contributed by atoms with Gasteiger partial charge in [-0.05, 0) is 26.0 Å². The van der Waals surface area contributed by atoms with Crippen LogP contribution in [0, 0.1) is 0 Å². The molecule has 0 radical (unpaired) electrons. The Balaban J connectivity index is 0.000000299. The summed E-state index contributed by atoms with van der Waals surface area (Å²) in [6.07, 6.45) is -0.103. The molecule has 0 aromatic heterocycles. The lowest BCUT2D eigenvalue weighted by Crippen LogP contribution is -2.07. The Morgan fingerprint density at radius 1 is 1.00 bits per heavy atom. The van der Waals surface area contributed by atoms with Gasteiger partial charge in [-0.25, -0.2) is 0 Å². The minimum Gasteiger partial charge on any atom is -0.508 e. The number of benzene rings is 2. The van der Waals surface area contributed by atoms with Gasteiger partial charge in [-0.15, -0.1) is 0 Å². The van der Waals surface area contributed by atoms with Crippen molar-refractivity contribution < 1.29 is 29.3 Å². The molecule has 0 saturated heterocycles. The Kier molecular flexibility index (Phi) is 7.86. The van der Waals surface area contributed by atoms with Crippen molar-refractivity contribution in [2.24, 2.45) is 0 Å². The molecule has 0 unspecified atom stereocenters. The van der Waals surface area contributed by atoms with Crippen LogP contribution >= 0.6 is 0 Å². The normalized spacial score (nSPS) is 9.52. The molecule has 2 aromatic rings. The van der Waals surface area contributed by atoms with Crippen LogP contribution in [0.5, 0.6) is 11.5 Å². The molecule has 6 heteroatoms. The van der Waals surface area contributed by atoms with E-state index in [1.807, 2.05) is 6.07 Å². The van der Waals surface area contributed by atoms with Crippen LogP contribution in [0.2, 0.25) is 0 Å².